The van der Waals surface area contributed by atoms with Crippen LogP contribution in [-0.2, 0) is 11.8 Å². The van der Waals surface area contributed by atoms with Crippen LogP contribution in [0.2, 0.25) is 0 Å². The molecule has 0 fully saturated rings. The molecule has 0 amide bonds. The second kappa shape index (κ2) is 4.57. The van der Waals surface area contributed by atoms with E-state index in [1.54, 1.807) is 18.5 Å². The van der Waals surface area contributed by atoms with Crippen LogP contribution >= 0.6 is 0 Å². The predicted molar refractivity (Wildman–Crippen MR) is 65.8 cm³/mol. The maximum atomic E-state index is 11.5. The lowest BCUT2D eigenvalue weighted by Gasteiger charge is -2.06. The summed E-state index contributed by atoms with van der Waals surface area (Å²) in [6.45, 7) is 3.98. The Labute approximate surface area is 100 Å². The number of fused-ring (bicyclic) bond motifs is 1. The Bertz CT molecular complexity index is 543. The summed E-state index contributed by atoms with van der Waals surface area (Å²) >= 11 is 0. The van der Waals surface area contributed by atoms with Crippen molar-refractivity contribution in [2.24, 2.45) is 13.0 Å². The van der Waals surface area contributed by atoms with E-state index in [9.17, 15) is 4.79 Å². The number of aromatic nitrogens is 2. The van der Waals surface area contributed by atoms with Crippen LogP contribution in [0.3, 0.4) is 0 Å². The minimum Gasteiger partial charge on any atom is -0.426 e. The molecule has 0 saturated heterocycles. The van der Waals surface area contributed by atoms with Crippen LogP contribution in [0, 0.1) is 5.92 Å². The number of ether oxygens (including phenoxy) is 1. The molecule has 2 rings (SSSR count). The molecule has 0 N–H and O–H groups in total. The SMILES string of the molecule is CC(C)CC(=O)Oc1ccc2c(c1)ncn2C. The molecule has 0 radical (unpaired) electrons. The van der Waals surface area contributed by atoms with E-state index in [4.69, 9.17) is 4.74 Å². The fourth-order valence-electron chi connectivity index (χ4n) is 1.69. The van der Waals surface area contributed by atoms with E-state index in [0.717, 1.165) is 11.0 Å². The van der Waals surface area contributed by atoms with E-state index in [1.807, 2.05) is 31.5 Å². The number of rotatable bonds is 3. The summed E-state index contributed by atoms with van der Waals surface area (Å²) in [5.41, 5.74) is 1.86. The monoisotopic (exact) mass is 232 g/mol. The lowest BCUT2D eigenvalue weighted by Crippen LogP contribution is -2.10. The van der Waals surface area contributed by atoms with Crippen molar-refractivity contribution < 1.29 is 9.53 Å². The summed E-state index contributed by atoms with van der Waals surface area (Å²) in [7, 11) is 1.93. The Morgan fingerprint density at radius 2 is 2.24 bits per heavy atom. The molecule has 4 nitrogen and oxygen atoms in total. The Hall–Kier alpha value is -1.84. The van der Waals surface area contributed by atoms with Crippen molar-refractivity contribution in [3.8, 4) is 5.75 Å². The highest BCUT2D eigenvalue weighted by atomic mass is 16.5. The van der Waals surface area contributed by atoms with Gasteiger partial charge in [0.15, 0.2) is 0 Å². The van der Waals surface area contributed by atoms with Crippen LogP contribution < -0.4 is 4.74 Å². The molecular weight excluding hydrogens is 216 g/mol. The van der Waals surface area contributed by atoms with Crippen molar-refractivity contribution in [2.45, 2.75) is 20.3 Å². The summed E-state index contributed by atoms with van der Waals surface area (Å²) in [5, 5.41) is 0. The molecule has 0 spiro atoms. The largest absolute Gasteiger partial charge is 0.426 e. The van der Waals surface area contributed by atoms with Crippen LogP contribution in [0.15, 0.2) is 24.5 Å². The van der Waals surface area contributed by atoms with Gasteiger partial charge >= 0.3 is 5.97 Å². The Morgan fingerprint density at radius 1 is 1.47 bits per heavy atom. The van der Waals surface area contributed by atoms with E-state index in [1.165, 1.54) is 0 Å². The minimum atomic E-state index is -0.199. The average molecular weight is 232 g/mol. The first-order valence-electron chi connectivity index (χ1n) is 5.68. The zero-order valence-corrected chi connectivity index (χ0v) is 10.3. The zero-order valence-electron chi connectivity index (χ0n) is 10.3. The highest BCUT2D eigenvalue weighted by Crippen LogP contribution is 2.20. The fraction of sp³-hybridized carbons (Fsp3) is 0.385. The van der Waals surface area contributed by atoms with Gasteiger partial charge in [0.2, 0.25) is 0 Å². The van der Waals surface area contributed by atoms with E-state index < -0.39 is 0 Å². The van der Waals surface area contributed by atoms with Crippen molar-refractivity contribution in [3.63, 3.8) is 0 Å². The van der Waals surface area contributed by atoms with Gasteiger partial charge in [-0.2, -0.15) is 0 Å². The third-order valence-corrected chi connectivity index (χ3v) is 2.50. The van der Waals surface area contributed by atoms with Crippen molar-refractivity contribution in [2.75, 3.05) is 0 Å². The van der Waals surface area contributed by atoms with Gasteiger partial charge in [-0.1, -0.05) is 13.8 Å². The first kappa shape index (κ1) is 11.6. The normalized spacial score (nSPS) is 11.1. The topological polar surface area (TPSA) is 44.1 Å². The zero-order chi connectivity index (χ0) is 12.4. The molecule has 1 aromatic heterocycles. The molecule has 1 aromatic carbocycles. The highest BCUT2D eigenvalue weighted by molar-refractivity contribution is 5.79. The molecule has 17 heavy (non-hydrogen) atoms. The van der Waals surface area contributed by atoms with Crippen molar-refractivity contribution >= 4 is 17.0 Å². The van der Waals surface area contributed by atoms with E-state index in [-0.39, 0.29) is 5.97 Å². The number of aryl methyl sites for hydroxylation is 1. The Kier molecular flexibility index (Phi) is 3.13. The second-order valence-electron chi connectivity index (χ2n) is 4.58. The lowest BCUT2D eigenvalue weighted by atomic mass is 10.1. The molecule has 1 heterocycles. The van der Waals surface area contributed by atoms with E-state index >= 15 is 0 Å². The maximum Gasteiger partial charge on any atom is 0.311 e. The Morgan fingerprint density at radius 3 is 2.94 bits per heavy atom. The minimum absolute atomic E-state index is 0.199. The first-order chi connectivity index (χ1) is 8.06. The average Bonchev–Trinajstić information content (AvgIpc) is 2.58. The maximum absolute atomic E-state index is 11.5. The van der Waals surface area contributed by atoms with Crippen LogP contribution in [0.1, 0.15) is 20.3 Å². The lowest BCUT2D eigenvalue weighted by molar-refractivity contribution is -0.135. The number of carbonyl (C=O) groups is 1. The molecule has 0 unspecified atom stereocenters. The number of imidazole rings is 1. The van der Waals surface area contributed by atoms with Gasteiger partial charge in [-0.15, -0.1) is 0 Å². The van der Waals surface area contributed by atoms with Gasteiger partial charge in [0, 0.05) is 19.5 Å². The van der Waals surface area contributed by atoms with Gasteiger partial charge in [0.05, 0.1) is 17.4 Å². The van der Waals surface area contributed by atoms with Gasteiger partial charge in [0.1, 0.15) is 5.75 Å². The number of esters is 1. The Balaban J connectivity index is 2.17. The number of nitrogens with zero attached hydrogens (tertiary/aromatic N) is 2. The van der Waals surface area contributed by atoms with Crippen LogP contribution in [-0.4, -0.2) is 15.5 Å². The summed E-state index contributed by atoms with van der Waals surface area (Å²) in [6, 6.07) is 5.48. The molecule has 0 saturated carbocycles. The predicted octanol–water partition coefficient (Wildman–Crippen LogP) is 2.52. The molecule has 0 atom stereocenters. The summed E-state index contributed by atoms with van der Waals surface area (Å²) in [5.74, 6) is 0.665. The number of hydrogen-bond donors (Lipinski definition) is 0. The van der Waals surface area contributed by atoms with Crippen molar-refractivity contribution in [1.29, 1.82) is 0 Å². The van der Waals surface area contributed by atoms with Gasteiger partial charge in [-0.05, 0) is 18.1 Å². The molecular formula is C13H16N2O2. The fourth-order valence-corrected chi connectivity index (χ4v) is 1.69. The van der Waals surface area contributed by atoms with Gasteiger partial charge < -0.3 is 9.30 Å². The second-order valence-corrected chi connectivity index (χ2v) is 4.58. The molecule has 0 bridgehead atoms. The smallest absolute Gasteiger partial charge is 0.311 e. The first-order valence-corrected chi connectivity index (χ1v) is 5.68. The molecule has 2 aromatic rings. The van der Waals surface area contributed by atoms with Crippen LogP contribution in [0.25, 0.3) is 11.0 Å². The number of carbonyl (C=O) groups excluding carboxylic acids is 1. The van der Waals surface area contributed by atoms with Crippen LogP contribution in [0.4, 0.5) is 0 Å². The molecule has 0 aliphatic carbocycles. The number of hydrogen-bond acceptors (Lipinski definition) is 3. The number of benzene rings is 1. The van der Waals surface area contributed by atoms with Crippen molar-refractivity contribution in [3.05, 3.63) is 24.5 Å². The highest BCUT2D eigenvalue weighted by Gasteiger charge is 2.08. The van der Waals surface area contributed by atoms with Crippen LogP contribution in [0.5, 0.6) is 5.75 Å². The van der Waals surface area contributed by atoms with E-state index in [2.05, 4.69) is 4.98 Å². The summed E-state index contributed by atoms with van der Waals surface area (Å²) < 4.78 is 7.18. The van der Waals surface area contributed by atoms with Crippen molar-refractivity contribution in [1.82, 2.24) is 9.55 Å². The quantitative estimate of drug-likeness (QED) is 0.603. The summed E-state index contributed by atoms with van der Waals surface area (Å²) in [6.07, 6.45) is 2.17. The third-order valence-electron chi connectivity index (χ3n) is 2.50. The molecule has 0 aliphatic heterocycles. The van der Waals surface area contributed by atoms with Gasteiger partial charge in [0.25, 0.3) is 0 Å². The third kappa shape index (κ3) is 2.64. The standard InChI is InChI=1S/C13H16N2O2/c1-9(2)6-13(16)17-10-4-5-12-11(7-10)14-8-15(12)3/h4-5,7-9H,6H2,1-3H3. The van der Waals surface area contributed by atoms with Gasteiger partial charge in [-0.3, -0.25) is 4.79 Å². The molecule has 4 heteroatoms. The molecule has 90 valence electrons. The summed E-state index contributed by atoms with van der Waals surface area (Å²) in [4.78, 5) is 15.7. The van der Waals surface area contributed by atoms with E-state index in [0.29, 0.717) is 18.1 Å². The van der Waals surface area contributed by atoms with Gasteiger partial charge in [-0.25, -0.2) is 4.98 Å². The molecule has 0 aliphatic rings.